The summed E-state index contributed by atoms with van der Waals surface area (Å²) in [5.41, 5.74) is 13.8. The quantitative estimate of drug-likeness (QED) is 0.734. The summed E-state index contributed by atoms with van der Waals surface area (Å²) in [6.45, 7) is 4.52. The van der Waals surface area contributed by atoms with Crippen molar-refractivity contribution in [3.05, 3.63) is 23.9 Å². The molecule has 6 atom stereocenters. The Labute approximate surface area is 152 Å². The summed E-state index contributed by atoms with van der Waals surface area (Å²) in [6, 6.07) is 0.313. The van der Waals surface area contributed by atoms with E-state index in [9.17, 15) is 0 Å². The lowest BCUT2D eigenvalue weighted by atomic mass is 9.58. The van der Waals surface area contributed by atoms with Gasteiger partial charge in [0, 0.05) is 18.2 Å². The second-order valence-corrected chi connectivity index (χ2v) is 9.49. The van der Waals surface area contributed by atoms with Crippen molar-refractivity contribution < 1.29 is 4.74 Å². The Bertz CT molecular complexity index is 569. The molecule has 4 fully saturated rings. The highest BCUT2D eigenvalue weighted by Crippen LogP contribution is 2.55. The molecule has 3 aliphatic heterocycles. The maximum atomic E-state index is 6.79. The molecule has 2 saturated heterocycles. The van der Waals surface area contributed by atoms with E-state index in [1.165, 1.54) is 44.1 Å². The minimum atomic E-state index is -0.0580. The highest BCUT2D eigenvalue weighted by molar-refractivity contribution is 5.24. The molecular formula is C21H35N3O. The molecular weight excluding hydrogens is 310 g/mol. The van der Waals surface area contributed by atoms with Gasteiger partial charge in [0.1, 0.15) is 0 Å². The van der Waals surface area contributed by atoms with E-state index >= 15 is 0 Å². The summed E-state index contributed by atoms with van der Waals surface area (Å²) in [5.74, 6) is 1.95. The predicted octanol–water partition coefficient (Wildman–Crippen LogP) is 3.19. The number of fused-ring (bicyclic) bond motifs is 3. The van der Waals surface area contributed by atoms with Crippen LogP contribution < -0.4 is 16.8 Å². The molecule has 0 spiro atoms. The number of hydrogen-bond donors (Lipinski definition) is 3. The van der Waals surface area contributed by atoms with Gasteiger partial charge in [0.15, 0.2) is 0 Å². The van der Waals surface area contributed by atoms with Gasteiger partial charge in [-0.15, -0.1) is 0 Å². The van der Waals surface area contributed by atoms with Gasteiger partial charge in [-0.05, 0) is 75.9 Å². The van der Waals surface area contributed by atoms with Crippen LogP contribution in [0.1, 0.15) is 65.2 Å². The molecule has 140 valence electrons. The molecule has 0 radical (unpaired) electrons. The van der Waals surface area contributed by atoms with Crippen LogP contribution in [0.5, 0.6) is 0 Å². The second kappa shape index (κ2) is 6.40. The second-order valence-electron chi connectivity index (χ2n) is 9.49. The van der Waals surface area contributed by atoms with Crippen LogP contribution >= 0.6 is 0 Å². The maximum Gasteiger partial charge on any atom is 0.0934 e. The van der Waals surface area contributed by atoms with Crippen molar-refractivity contribution in [2.24, 2.45) is 29.2 Å². The highest BCUT2D eigenvalue weighted by atomic mass is 16.5. The molecule has 0 amide bonds. The molecule has 2 aliphatic carbocycles. The number of rotatable bonds is 3. The van der Waals surface area contributed by atoms with Crippen molar-refractivity contribution in [3.8, 4) is 0 Å². The predicted molar refractivity (Wildman–Crippen MR) is 102 cm³/mol. The molecule has 4 heteroatoms. The number of dihydropyridines is 1. The molecule has 0 aromatic rings. The molecule has 2 saturated carbocycles. The first-order chi connectivity index (χ1) is 11.9. The number of ether oxygens (including phenoxy) is 1. The van der Waals surface area contributed by atoms with Crippen molar-refractivity contribution >= 4 is 0 Å². The van der Waals surface area contributed by atoms with Crippen LogP contribution in [-0.4, -0.2) is 23.4 Å². The number of hydrogen-bond acceptors (Lipinski definition) is 4. The molecule has 5 aliphatic rings. The third-order valence-corrected chi connectivity index (χ3v) is 7.37. The van der Waals surface area contributed by atoms with E-state index in [4.69, 9.17) is 16.2 Å². The Kier molecular flexibility index (Phi) is 4.50. The zero-order valence-electron chi connectivity index (χ0n) is 15.8. The third kappa shape index (κ3) is 3.29. The summed E-state index contributed by atoms with van der Waals surface area (Å²) in [4.78, 5) is 0. The lowest BCUT2D eigenvalue weighted by Crippen LogP contribution is -2.66. The van der Waals surface area contributed by atoms with E-state index in [0.29, 0.717) is 17.9 Å². The van der Waals surface area contributed by atoms with Gasteiger partial charge < -0.3 is 21.5 Å². The fourth-order valence-corrected chi connectivity index (χ4v) is 6.22. The van der Waals surface area contributed by atoms with Crippen molar-refractivity contribution in [2.75, 3.05) is 0 Å². The van der Waals surface area contributed by atoms with E-state index in [1.807, 2.05) is 0 Å². The smallest absolute Gasteiger partial charge is 0.0934 e. The molecule has 0 aromatic carbocycles. The Balaban J connectivity index is 1.45. The van der Waals surface area contributed by atoms with Crippen LogP contribution in [-0.2, 0) is 4.74 Å². The monoisotopic (exact) mass is 345 g/mol. The Hall–Kier alpha value is -0.840. The van der Waals surface area contributed by atoms with E-state index in [2.05, 4.69) is 37.5 Å². The van der Waals surface area contributed by atoms with Gasteiger partial charge in [0.05, 0.1) is 17.4 Å². The van der Waals surface area contributed by atoms with Gasteiger partial charge in [0.25, 0.3) is 0 Å². The lowest BCUT2D eigenvalue weighted by Gasteiger charge is -2.61. The van der Waals surface area contributed by atoms with Crippen LogP contribution in [0, 0.1) is 17.8 Å². The zero-order chi connectivity index (χ0) is 17.7. The molecule has 6 unspecified atom stereocenters. The fourth-order valence-electron chi connectivity index (χ4n) is 6.22. The fraction of sp³-hybridized carbons (Fsp3) is 0.810. The Morgan fingerprint density at radius 3 is 2.76 bits per heavy atom. The molecule has 5 N–H and O–H groups in total. The summed E-state index contributed by atoms with van der Waals surface area (Å²) in [7, 11) is 0. The maximum absolute atomic E-state index is 6.79. The first kappa shape index (κ1) is 17.6. The number of nitrogens with one attached hydrogen (secondary N) is 1. The normalized spacial score (nSPS) is 45.8. The van der Waals surface area contributed by atoms with Crippen LogP contribution in [0.25, 0.3) is 0 Å². The van der Waals surface area contributed by atoms with Crippen LogP contribution in [0.2, 0.25) is 0 Å². The average molecular weight is 346 g/mol. The van der Waals surface area contributed by atoms with Crippen LogP contribution in [0.3, 0.4) is 0 Å². The molecule has 5 rings (SSSR count). The van der Waals surface area contributed by atoms with E-state index in [1.54, 1.807) is 0 Å². The van der Waals surface area contributed by atoms with Crippen molar-refractivity contribution in [1.82, 2.24) is 5.32 Å². The van der Waals surface area contributed by atoms with Gasteiger partial charge in [-0.3, -0.25) is 0 Å². The topological polar surface area (TPSA) is 73.3 Å². The molecule has 25 heavy (non-hydrogen) atoms. The van der Waals surface area contributed by atoms with E-state index < -0.39 is 0 Å². The third-order valence-electron chi connectivity index (χ3n) is 7.37. The average Bonchev–Trinajstić information content (AvgIpc) is 2.56. The highest BCUT2D eigenvalue weighted by Gasteiger charge is 2.57. The zero-order valence-corrected chi connectivity index (χ0v) is 15.8. The van der Waals surface area contributed by atoms with Crippen molar-refractivity contribution in [3.63, 3.8) is 0 Å². The summed E-state index contributed by atoms with van der Waals surface area (Å²) < 4.78 is 6.79. The number of allylic oxidation sites excluding steroid dienone is 2. The summed E-state index contributed by atoms with van der Waals surface area (Å²) >= 11 is 0. The first-order valence-corrected chi connectivity index (χ1v) is 10.2. The molecule has 4 nitrogen and oxygen atoms in total. The molecule has 3 heterocycles. The van der Waals surface area contributed by atoms with Crippen LogP contribution in [0.4, 0.5) is 0 Å². The van der Waals surface area contributed by atoms with E-state index in [-0.39, 0.29) is 17.4 Å². The first-order valence-electron chi connectivity index (χ1n) is 10.2. The minimum Gasteiger partial charge on any atom is -0.372 e. The van der Waals surface area contributed by atoms with Gasteiger partial charge in [0.2, 0.25) is 0 Å². The summed E-state index contributed by atoms with van der Waals surface area (Å²) in [5, 5.41) is 3.23. The van der Waals surface area contributed by atoms with Crippen molar-refractivity contribution in [2.45, 2.75) is 88.6 Å². The van der Waals surface area contributed by atoms with Gasteiger partial charge in [-0.1, -0.05) is 18.9 Å². The van der Waals surface area contributed by atoms with Crippen LogP contribution in [0.15, 0.2) is 23.9 Å². The van der Waals surface area contributed by atoms with Gasteiger partial charge >= 0.3 is 0 Å². The number of nitrogens with two attached hydrogens (primary N) is 2. The standard InChI is InChI=1S/C21H35N3O/c1-20(2)17-8-9-21(25-20,12-18(17)22)16-5-3-4-14(11-16)10-15-6-7-19(23)24-13-15/h6-7,13-14,16-19,24H,3-5,8-12,22-23H2,1-2H3. The van der Waals surface area contributed by atoms with Crippen molar-refractivity contribution in [1.29, 1.82) is 0 Å². The molecule has 2 bridgehead atoms. The molecule has 0 aromatic heterocycles. The minimum absolute atomic E-state index is 0.0312. The SMILES string of the molecule is CC1(C)OC2(C3CCCC(CC4=CNC(N)C=C4)C3)CCC1C(N)C2. The largest absolute Gasteiger partial charge is 0.372 e. The van der Waals surface area contributed by atoms with E-state index in [0.717, 1.165) is 18.8 Å². The Morgan fingerprint density at radius 1 is 1.24 bits per heavy atom. The summed E-state index contributed by atoms with van der Waals surface area (Å²) in [6.07, 6.45) is 16.3. The van der Waals surface area contributed by atoms with Gasteiger partial charge in [-0.25, -0.2) is 0 Å². The Morgan fingerprint density at radius 2 is 2.08 bits per heavy atom. The lowest BCUT2D eigenvalue weighted by molar-refractivity contribution is -0.268. The van der Waals surface area contributed by atoms with Gasteiger partial charge in [-0.2, -0.15) is 0 Å².